The lowest BCUT2D eigenvalue weighted by molar-refractivity contribution is -0.132. The van der Waals surface area contributed by atoms with Gasteiger partial charge >= 0.3 is 5.97 Å². The average molecular weight is 501 g/mol. The molecule has 1 N–H and O–H groups in total. The number of ether oxygens (including phenoxy) is 2. The highest BCUT2D eigenvalue weighted by molar-refractivity contribution is 6.51. The number of anilines is 1. The molecule has 2 aromatic carbocycles. The number of esters is 1. The van der Waals surface area contributed by atoms with Crippen LogP contribution in [0.4, 0.5) is 5.69 Å². The summed E-state index contributed by atoms with van der Waals surface area (Å²) in [6, 6.07) is 17.1. The van der Waals surface area contributed by atoms with E-state index in [9.17, 15) is 19.5 Å². The molecular formula is C29H28N2O6. The van der Waals surface area contributed by atoms with Gasteiger partial charge in [0.25, 0.3) is 11.7 Å². The number of hydrogen-bond acceptors (Lipinski definition) is 7. The molecule has 1 aliphatic heterocycles. The zero-order chi connectivity index (χ0) is 26.4. The van der Waals surface area contributed by atoms with Gasteiger partial charge in [0.15, 0.2) is 0 Å². The smallest absolute Gasteiger partial charge is 0.338 e. The van der Waals surface area contributed by atoms with E-state index in [4.69, 9.17) is 9.47 Å². The Morgan fingerprint density at radius 1 is 0.919 bits per heavy atom. The first-order valence-corrected chi connectivity index (χ1v) is 12.2. The van der Waals surface area contributed by atoms with Crippen LogP contribution in [0.2, 0.25) is 0 Å². The van der Waals surface area contributed by atoms with E-state index in [0.717, 1.165) is 6.42 Å². The third-order valence-electron chi connectivity index (χ3n) is 5.83. The summed E-state index contributed by atoms with van der Waals surface area (Å²) in [5.41, 5.74) is 1.42. The van der Waals surface area contributed by atoms with Crippen LogP contribution in [0.3, 0.4) is 0 Å². The Hall–Kier alpha value is -4.46. The Kier molecular flexibility index (Phi) is 7.98. The van der Waals surface area contributed by atoms with Crippen molar-refractivity contribution in [1.29, 1.82) is 0 Å². The highest BCUT2D eigenvalue weighted by Gasteiger charge is 2.47. The largest absolute Gasteiger partial charge is 0.507 e. The normalized spacial score (nSPS) is 16.6. The molecule has 1 amide bonds. The van der Waals surface area contributed by atoms with Gasteiger partial charge in [-0.2, -0.15) is 0 Å². The quantitative estimate of drug-likeness (QED) is 0.189. The van der Waals surface area contributed by atoms with Crippen LogP contribution in [0.5, 0.6) is 5.75 Å². The Balaban J connectivity index is 1.75. The highest BCUT2D eigenvalue weighted by atomic mass is 16.5. The summed E-state index contributed by atoms with van der Waals surface area (Å²) in [6.45, 7) is 4.77. The molecule has 8 heteroatoms. The van der Waals surface area contributed by atoms with Crippen LogP contribution in [0.1, 0.15) is 54.3 Å². The first-order valence-electron chi connectivity index (χ1n) is 12.2. The Morgan fingerprint density at radius 3 is 2.22 bits per heavy atom. The second-order valence-corrected chi connectivity index (χ2v) is 8.48. The number of aromatic nitrogens is 1. The molecule has 0 radical (unpaired) electrons. The summed E-state index contributed by atoms with van der Waals surface area (Å²) in [4.78, 5) is 44.4. The SMILES string of the molecule is CCCOC(=O)c1ccc(N2C(=O)C(=O)/C(=C(/O)c3ccc(OCCC)cc3)C2c2ccccn2)cc1. The van der Waals surface area contributed by atoms with Crippen LogP contribution in [0.25, 0.3) is 5.76 Å². The molecule has 1 atom stereocenters. The van der Waals surface area contributed by atoms with Gasteiger partial charge in [-0.05, 0) is 73.5 Å². The van der Waals surface area contributed by atoms with Gasteiger partial charge in [0.05, 0.1) is 30.0 Å². The van der Waals surface area contributed by atoms with Crippen molar-refractivity contribution in [3.63, 3.8) is 0 Å². The van der Waals surface area contributed by atoms with E-state index >= 15 is 0 Å². The molecule has 1 unspecified atom stereocenters. The number of carbonyl (C=O) groups is 3. The first kappa shape index (κ1) is 25.6. The van der Waals surface area contributed by atoms with E-state index in [1.54, 1.807) is 60.8 Å². The van der Waals surface area contributed by atoms with E-state index in [1.165, 1.54) is 17.0 Å². The summed E-state index contributed by atoms with van der Waals surface area (Å²) in [5.74, 6) is -1.77. The van der Waals surface area contributed by atoms with Gasteiger partial charge in [0, 0.05) is 17.4 Å². The van der Waals surface area contributed by atoms with E-state index in [1.807, 2.05) is 13.8 Å². The van der Waals surface area contributed by atoms with E-state index in [-0.39, 0.29) is 11.3 Å². The van der Waals surface area contributed by atoms with Gasteiger partial charge in [0.2, 0.25) is 0 Å². The molecule has 3 aromatic rings. The molecule has 1 aliphatic rings. The Labute approximate surface area is 215 Å². The summed E-state index contributed by atoms with van der Waals surface area (Å²) < 4.78 is 10.8. The topological polar surface area (TPSA) is 106 Å². The molecule has 1 saturated heterocycles. The number of nitrogens with zero attached hydrogens (tertiary/aromatic N) is 2. The van der Waals surface area contributed by atoms with Crippen molar-refractivity contribution in [2.45, 2.75) is 32.7 Å². The lowest BCUT2D eigenvalue weighted by atomic mass is 9.98. The summed E-state index contributed by atoms with van der Waals surface area (Å²) in [6.07, 6.45) is 3.12. The number of benzene rings is 2. The monoisotopic (exact) mass is 500 g/mol. The maximum atomic E-state index is 13.3. The minimum atomic E-state index is -0.963. The average Bonchev–Trinajstić information content (AvgIpc) is 3.21. The molecule has 0 spiro atoms. The molecule has 2 heterocycles. The second kappa shape index (κ2) is 11.5. The van der Waals surface area contributed by atoms with Gasteiger partial charge in [-0.1, -0.05) is 19.9 Å². The molecule has 190 valence electrons. The lowest BCUT2D eigenvalue weighted by Gasteiger charge is -2.24. The van der Waals surface area contributed by atoms with Crippen LogP contribution in [0, 0.1) is 0 Å². The summed E-state index contributed by atoms with van der Waals surface area (Å²) in [7, 11) is 0. The molecular weight excluding hydrogens is 472 g/mol. The van der Waals surface area contributed by atoms with Crippen molar-refractivity contribution >= 4 is 29.1 Å². The predicted molar refractivity (Wildman–Crippen MR) is 138 cm³/mol. The molecule has 37 heavy (non-hydrogen) atoms. The van der Waals surface area contributed by atoms with E-state index in [2.05, 4.69) is 4.98 Å². The number of aliphatic hydroxyl groups excluding tert-OH is 1. The van der Waals surface area contributed by atoms with Crippen LogP contribution in [-0.2, 0) is 14.3 Å². The number of hydrogen-bond donors (Lipinski definition) is 1. The van der Waals surface area contributed by atoms with Crippen LogP contribution in [-0.4, -0.2) is 41.0 Å². The first-order chi connectivity index (χ1) is 18.0. The van der Waals surface area contributed by atoms with E-state index in [0.29, 0.717) is 47.9 Å². The van der Waals surface area contributed by atoms with Gasteiger partial charge in [0.1, 0.15) is 17.6 Å². The van der Waals surface area contributed by atoms with Gasteiger partial charge in [-0.3, -0.25) is 19.5 Å². The maximum absolute atomic E-state index is 13.3. The zero-order valence-corrected chi connectivity index (χ0v) is 20.7. The fourth-order valence-electron chi connectivity index (χ4n) is 4.04. The molecule has 0 aliphatic carbocycles. The van der Waals surface area contributed by atoms with Crippen molar-refractivity contribution < 1.29 is 29.0 Å². The van der Waals surface area contributed by atoms with Gasteiger partial charge < -0.3 is 14.6 Å². The summed E-state index contributed by atoms with van der Waals surface area (Å²) >= 11 is 0. The Morgan fingerprint density at radius 2 is 1.59 bits per heavy atom. The fourth-order valence-corrected chi connectivity index (χ4v) is 4.04. The maximum Gasteiger partial charge on any atom is 0.338 e. The van der Waals surface area contributed by atoms with Gasteiger partial charge in [-0.25, -0.2) is 4.79 Å². The Bertz CT molecular complexity index is 1300. The standard InChI is InChI=1S/C29H28N2O6/c1-3-17-36-22-14-10-19(11-15-22)26(32)24-25(23-7-5-6-16-30-23)31(28(34)27(24)33)21-12-8-20(9-13-21)29(35)37-18-4-2/h5-16,25,32H,3-4,17-18H2,1-2H3/b26-24+. The third-order valence-corrected chi connectivity index (χ3v) is 5.83. The molecule has 8 nitrogen and oxygen atoms in total. The van der Waals surface area contributed by atoms with Crippen molar-refractivity contribution in [2.24, 2.45) is 0 Å². The number of carbonyl (C=O) groups excluding carboxylic acids is 3. The summed E-state index contributed by atoms with van der Waals surface area (Å²) in [5, 5.41) is 11.2. The van der Waals surface area contributed by atoms with Crippen LogP contribution in [0.15, 0.2) is 78.5 Å². The van der Waals surface area contributed by atoms with E-state index < -0.39 is 23.7 Å². The lowest BCUT2D eigenvalue weighted by Crippen LogP contribution is -2.29. The zero-order valence-electron chi connectivity index (χ0n) is 20.7. The number of pyridine rings is 1. The van der Waals surface area contributed by atoms with Crippen LogP contribution >= 0.6 is 0 Å². The molecule has 4 rings (SSSR count). The van der Waals surface area contributed by atoms with Crippen molar-refractivity contribution in [3.8, 4) is 5.75 Å². The predicted octanol–water partition coefficient (Wildman–Crippen LogP) is 5.06. The number of ketones is 1. The minimum absolute atomic E-state index is 0.0719. The number of rotatable bonds is 9. The van der Waals surface area contributed by atoms with Gasteiger partial charge in [-0.15, -0.1) is 0 Å². The molecule has 0 bridgehead atoms. The molecule has 0 saturated carbocycles. The number of Topliss-reactive ketones (excluding diaryl/α,β-unsaturated/α-hetero) is 1. The minimum Gasteiger partial charge on any atom is -0.507 e. The number of aliphatic hydroxyl groups is 1. The van der Waals surface area contributed by atoms with Crippen LogP contribution < -0.4 is 9.64 Å². The van der Waals surface area contributed by atoms with Crippen molar-refractivity contribution in [1.82, 2.24) is 4.98 Å². The van der Waals surface area contributed by atoms with Crippen molar-refractivity contribution in [3.05, 3.63) is 95.3 Å². The van der Waals surface area contributed by atoms with Crippen molar-refractivity contribution in [2.75, 3.05) is 18.1 Å². The third kappa shape index (κ3) is 5.38. The molecule has 1 aromatic heterocycles. The number of amides is 1. The fraction of sp³-hybridized carbons (Fsp3) is 0.241. The second-order valence-electron chi connectivity index (χ2n) is 8.48. The highest BCUT2D eigenvalue weighted by Crippen LogP contribution is 2.41. The molecule has 1 fully saturated rings.